The van der Waals surface area contributed by atoms with Crippen molar-refractivity contribution in [3.05, 3.63) is 11.6 Å². The fourth-order valence-corrected chi connectivity index (χ4v) is 1.16. The van der Waals surface area contributed by atoms with Gasteiger partial charge in [0.2, 0.25) is 0 Å². The first-order valence-corrected chi connectivity index (χ1v) is 4.40. The van der Waals surface area contributed by atoms with Crippen LogP contribution in [0.3, 0.4) is 0 Å². The largest absolute Gasteiger partial charge is 0.392 e. The molecule has 0 saturated carbocycles. The third-order valence-corrected chi connectivity index (χ3v) is 2.12. The lowest BCUT2D eigenvalue weighted by Crippen LogP contribution is -2.07. The number of rotatable bonds is 4. The molecule has 12 heavy (non-hydrogen) atoms. The van der Waals surface area contributed by atoms with Crippen molar-refractivity contribution in [2.24, 2.45) is 11.8 Å². The van der Waals surface area contributed by atoms with Crippen molar-refractivity contribution < 1.29 is 5.11 Å². The highest BCUT2D eigenvalue weighted by Gasteiger charge is 2.09. The Hall–Kier alpha value is -0.740. The smallest absolute Gasteiger partial charge is 0.0639 e. The molecule has 0 aromatic rings. The summed E-state index contributed by atoms with van der Waals surface area (Å²) in [6.45, 7) is 6.20. The molecule has 0 rings (SSSR count). The average molecular weight is 166 g/mol. The van der Waals surface area contributed by atoms with Gasteiger partial charge < -0.3 is 5.11 Å². The predicted molar refractivity (Wildman–Crippen MR) is 52.6 cm³/mol. The van der Waals surface area contributed by atoms with Crippen LogP contribution >= 0.6 is 0 Å². The zero-order chi connectivity index (χ0) is 9.56. The molecule has 0 aliphatic heterocycles. The topological polar surface area (TPSA) is 20.2 Å². The van der Waals surface area contributed by atoms with Crippen molar-refractivity contribution in [1.29, 1.82) is 0 Å². The Morgan fingerprint density at radius 1 is 1.67 bits per heavy atom. The number of hydrogen-bond acceptors (Lipinski definition) is 1. The summed E-state index contributed by atoms with van der Waals surface area (Å²) >= 11 is 0. The van der Waals surface area contributed by atoms with E-state index >= 15 is 0 Å². The Bertz CT molecular complexity index is 186. The maximum atomic E-state index is 8.81. The summed E-state index contributed by atoms with van der Waals surface area (Å²) in [4.78, 5) is 0. The van der Waals surface area contributed by atoms with E-state index in [9.17, 15) is 0 Å². The maximum Gasteiger partial charge on any atom is 0.0639 e. The highest BCUT2D eigenvalue weighted by Crippen LogP contribution is 2.17. The molecule has 68 valence electrons. The van der Waals surface area contributed by atoms with Crippen molar-refractivity contribution in [3.8, 4) is 12.3 Å². The molecular weight excluding hydrogens is 148 g/mol. The van der Waals surface area contributed by atoms with Crippen molar-refractivity contribution in [2.75, 3.05) is 6.61 Å². The lowest BCUT2D eigenvalue weighted by atomic mass is 9.90. The molecule has 2 atom stereocenters. The Morgan fingerprint density at radius 2 is 2.25 bits per heavy atom. The SMILES string of the molecule is C#CC(C)C(C=C(C)CO)CC. The van der Waals surface area contributed by atoms with Gasteiger partial charge in [-0.25, -0.2) is 0 Å². The van der Waals surface area contributed by atoms with Crippen LogP contribution in [0.15, 0.2) is 11.6 Å². The number of hydrogen-bond donors (Lipinski definition) is 1. The molecule has 1 heteroatoms. The Labute approximate surface area is 75.5 Å². The molecule has 1 N–H and O–H groups in total. The van der Waals surface area contributed by atoms with Gasteiger partial charge in [-0.2, -0.15) is 0 Å². The van der Waals surface area contributed by atoms with Gasteiger partial charge in [-0.1, -0.05) is 25.5 Å². The molecule has 0 aliphatic carbocycles. The third kappa shape index (κ3) is 3.59. The minimum absolute atomic E-state index is 0.133. The summed E-state index contributed by atoms with van der Waals surface area (Å²) in [5.74, 6) is 3.38. The number of aliphatic hydroxyl groups is 1. The van der Waals surface area contributed by atoms with E-state index in [2.05, 4.69) is 18.9 Å². The second-order valence-electron chi connectivity index (χ2n) is 3.20. The molecule has 0 aliphatic rings. The molecule has 0 bridgehead atoms. The van der Waals surface area contributed by atoms with E-state index in [4.69, 9.17) is 11.5 Å². The van der Waals surface area contributed by atoms with Gasteiger partial charge in [0.25, 0.3) is 0 Å². The normalized spacial score (nSPS) is 16.8. The summed E-state index contributed by atoms with van der Waals surface area (Å²) < 4.78 is 0. The monoisotopic (exact) mass is 166 g/mol. The van der Waals surface area contributed by atoms with Crippen LogP contribution < -0.4 is 0 Å². The quantitative estimate of drug-likeness (QED) is 0.501. The van der Waals surface area contributed by atoms with Gasteiger partial charge in [0.15, 0.2) is 0 Å². The Balaban J connectivity index is 4.28. The molecule has 1 nitrogen and oxygen atoms in total. The van der Waals surface area contributed by atoms with Crippen LogP contribution in [0.2, 0.25) is 0 Å². The van der Waals surface area contributed by atoms with E-state index in [1.165, 1.54) is 0 Å². The molecule has 0 saturated heterocycles. The summed E-state index contributed by atoms with van der Waals surface area (Å²) in [5, 5.41) is 8.81. The summed E-state index contributed by atoms with van der Waals surface area (Å²) in [6, 6.07) is 0. The number of aliphatic hydroxyl groups excluding tert-OH is 1. The van der Waals surface area contributed by atoms with Gasteiger partial charge in [-0.05, 0) is 19.3 Å². The lowest BCUT2D eigenvalue weighted by Gasteiger charge is -2.14. The van der Waals surface area contributed by atoms with Crippen LogP contribution in [0, 0.1) is 24.2 Å². The Kier molecular flexibility index (Phi) is 5.49. The van der Waals surface area contributed by atoms with Gasteiger partial charge >= 0.3 is 0 Å². The first kappa shape index (κ1) is 11.3. The van der Waals surface area contributed by atoms with Crippen molar-refractivity contribution >= 4 is 0 Å². The van der Waals surface area contributed by atoms with E-state index in [0.717, 1.165) is 12.0 Å². The first-order chi connectivity index (χ1) is 5.65. The zero-order valence-electron chi connectivity index (χ0n) is 8.17. The first-order valence-electron chi connectivity index (χ1n) is 4.40. The van der Waals surface area contributed by atoms with Gasteiger partial charge in [-0.3, -0.25) is 0 Å². The zero-order valence-corrected chi connectivity index (χ0v) is 8.17. The minimum Gasteiger partial charge on any atom is -0.392 e. The molecule has 0 aromatic carbocycles. The van der Waals surface area contributed by atoms with Crippen molar-refractivity contribution in [2.45, 2.75) is 27.2 Å². The van der Waals surface area contributed by atoms with E-state index in [-0.39, 0.29) is 12.5 Å². The maximum absolute atomic E-state index is 8.81. The highest BCUT2D eigenvalue weighted by atomic mass is 16.3. The summed E-state index contributed by atoms with van der Waals surface area (Å²) in [6.07, 6.45) is 8.43. The second kappa shape index (κ2) is 5.85. The molecule has 0 radical (unpaired) electrons. The van der Waals surface area contributed by atoms with Crippen molar-refractivity contribution in [3.63, 3.8) is 0 Å². The molecule has 0 spiro atoms. The van der Waals surface area contributed by atoms with Gasteiger partial charge in [0, 0.05) is 5.92 Å². The van der Waals surface area contributed by atoms with E-state index < -0.39 is 0 Å². The van der Waals surface area contributed by atoms with E-state index in [1.54, 1.807) is 0 Å². The number of allylic oxidation sites excluding steroid dienone is 1. The molecule has 0 fully saturated rings. The van der Waals surface area contributed by atoms with Gasteiger partial charge in [0.05, 0.1) is 6.61 Å². The van der Waals surface area contributed by atoms with Crippen LogP contribution in [0.25, 0.3) is 0 Å². The Morgan fingerprint density at radius 3 is 2.58 bits per heavy atom. The minimum atomic E-state index is 0.133. The van der Waals surface area contributed by atoms with Crippen LogP contribution in [0.4, 0.5) is 0 Å². The van der Waals surface area contributed by atoms with E-state index in [1.807, 2.05) is 13.8 Å². The standard InChI is InChI=1S/C11H18O/c1-5-10(4)11(6-2)7-9(3)8-12/h1,7,10-12H,6,8H2,2-4H3. The third-order valence-electron chi connectivity index (χ3n) is 2.12. The predicted octanol–water partition coefficient (Wildman–Crippen LogP) is 2.22. The molecule has 0 amide bonds. The lowest BCUT2D eigenvalue weighted by molar-refractivity contribution is 0.329. The average Bonchev–Trinajstić information content (AvgIpc) is 2.12. The van der Waals surface area contributed by atoms with Crippen LogP contribution in [-0.2, 0) is 0 Å². The van der Waals surface area contributed by atoms with Gasteiger partial charge in [0.1, 0.15) is 0 Å². The van der Waals surface area contributed by atoms with Crippen LogP contribution in [0.5, 0.6) is 0 Å². The molecular formula is C11H18O. The van der Waals surface area contributed by atoms with Crippen LogP contribution in [0.1, 0.15) is 27.2 Å². The highest BCUT2D eigenvalue weighted by molar-refractivity contribution is 5.06. The fraction of sp³-hybridized carbons (Fsp3) is 0.636. The summed E-state index contributed by atoms with van der Waals surface area (Å²) in [7, 11) is 0. The van der Waals surface area contributed by atoms with Gasteiger partial charge in [-0.15, -0.1) is 12.3 Å². The second-order valence-corrected chi connectivity index (χ2v) is 3.20. The summed E-state index contributed by atoms with van der Waals surface area (Å²) in [5.41, 5.74) is 1.00. The fourth-order valence-electron chi connectivity index (χ4n) is 1.16. The molecule has 0 aromatic heterocycles. The molecule has 0 heterocycles. The van der Waals surface area contributed by atoms with Crippen molar-refractivity contribution in [1.82, 2.24) is 0 Å². The number of terminal acetylenes is 1. The van der Waals surface area contributed by atoms with E-state index in [0.29, 0.717) is 5.92 Å². The van der Waals surface area contributed by atoms with Crippen LogP contribution in [-0.4, -0.2) is 11.7 Å². The molecule has 2 unspecified atom stereocenters.